The summed E-state index contributed by atoms with van der Waals surface area (Å²) in [7, 11) is 0. The minimum atomic E-state index is 0.425. The molecule has 0 saturated heterocycles. The van der Waals surface area contributed by atoms with Crippen LogP contribution in [0, 0.1) is 6.92 Å². The zero-order valence-electron chi connectivity index (χ0n) is 13.1. The van der Waals surface area contributed by atoms with Crippen LogP contribution < -0.4 is 5.32 Å². The van der Waals surface area contributed by atoms with Gasteiger partial charge in [-0.2, -0.15) is 4.98 Å². The molecule has 0 aliphatic heterocycles. The van der Waals surface area contributed by atoms with E-state index >= 15 is 0 Å². The second-order valence-corrected chi connectivity index (χ2v) is 6.71. The highest BCUT2D eigenvalue weighted by Gasteiger charge is 2.09. The maximum Gasteiger partial charge on any atom is 0.258 e. The zero-order chi connectivity index (χ0) is 16.1. The predicted molar refractivity (Wildman–Crippen MR) is 92.5 cm³/mol. The minimum absolute atomic E-state index is 0.425. The summed E-state index contributed by atoms with van der Waals surface area (Å²) in [6, 6.07) is 14.2. The molecular formula is C17H18N4OS. The molecule has 0 amide bonds. The van der Waals surface area contributed by atoms with Crippen molar-refractivity contribution in [3.8, 4) is 11.5 Å². The Morgan fingerprint density at radius 1 is 1.22 bits per heavy atom. The van der Waals surface area contributed by atoms with E-state index in [4.69, 9.17) is 4.52 Å². The summed E-state index contributed by atoms with van der Waals surface area (Å²) in [5.41, 5.74) is 0.867. The highest BCUT2D eigenvalue weighted by atomic mass is 32.2. The number of pyridine rings is 1. The van der Waals surface area contributed by atoms with Gasteiger partial charge in [0.25, 0.3) is 5.89 Å². The average molecular weight is 326 g/mol. The molecule has 0 saturated carbocycles. The van der Waals surface area contributed by atoms with Crippen molar-refractivity contribution >= 4 is 17.6 Å². The van der Waals surface area contributed by atoms with Crippen molar-refractivity contribution in [2.45, 2.75) is 24.0 Å². The van der Waals surface area contributed by atoms with Crippen molar-refractivity contribution in [3.05, 3.63) is 54.5 Å². The molecule has 5 nitrogen and oxygen atoms in total. The van der Waals surface area contributed by atoms with E-state index in [1.54, 1.807) is 13.1 Å². The number of aromatic nitrogens is 3. The number of hydrogen-bond acceptors (Lipinski definition) is 6. The Hall–Kier alpha value is -2.34. The molecule has 1 unspecified atom stereocenters. The first-order valence-corrected chi connectivity index (χ1v) is 8.31. The molecule has 23 heavy (non-hydrogen) atoms. The lowest BCUT2D eigenvalue weighted by atomic mass is 10.2. The first kappa shape index (κ1) is 15.6. The third-order valence-electron chi connectivity index (χ3n) is 3.19. The van der Waals surface area contributed by atoms with E-state index in [2.05, 4.69) is 51.6 Å². The number of thioether (sulfide) groups is 1. The van der Waals surface area contributed by atoms with Crippen molar-refractivity contribution in [1.82, 2.24) is 15.1 Å². The van der Waals surface area contributed by atoms with Crippen LogP contribution in [0.1, 0.15) is 12.7 Å². The SMILES string of the molecule is Cc1noc(-c2ccnc(NCC(C)Sc3ccccc3)c2)n1. The van der Waals surface area contributed by atoms with Gasteiger partial charge >= 0.3 is 0 Å². The number of hydrogen-bond donors (Lipinski definition) is 1. The first-order valence-electron chi connectivity index (χ1n) is 7.43. The van der Waals surface area contributed by atoms with Crippen molar-refractivity contribution in [3.63, 3.8) is 0 Å². The van der Waals surface area contributed by atoms with Crippen molar-refractivity contribution in [1.29, 1.82) is 0 Å². The van der Waals surface area contributed by atoms with Crippen LogP contribution in [-0.4, -0.2) is 26.9 Å². The van der Waals surface area contributed by atoms with Crippen LogP contribution in [0.15, 0.2) is 58.1 Å². The number of anilines is 1. The summed E-state index contributed by atoms with van der Waals surface area (Å²) in [6.45, 7) is 4.81. The van der Waals surface area contributed by atoms with Crippen LogP contribution in [0.2, 0.25) is 0 Å². The third-order valence-corrected chi connectivity index (χ3v) is 4.30. The number of benzene rings is 1. The summed E-state index contributed by atoms with van der Waals surface area (Å²) in [5.74, 6) is 1.94. The summed E-state index contributed by atoms with van der Waals surface area (Å²) in [4.78, 5) is 9.84. The van der Waals surface area contributed by atoms with Crippen LogP contribution in [0.5, 0.6) is 0 Å². The maximum atomic E-state index is 5.19. The quantitative estimate of drug-likeness (QED) is 0.690. The Morgan fingerprint density at radius 2 is 2.04 bits per heavy atom. The van der Waals surface area contributed by atoms with Crippen LogP contribution in [0.25, 0.3) is 11.5 Å². The van der Waals surface area contributed by atoms with Crippen molar-refractivity contribution in [2.75, 3.05) is 11.9 Å². The summed E-state index contributed by atoms with van der Waals surface area (Å²) in [5, 5.41) is 7.60. The molecule has 0 spiro atoms. The molecular weight excluding hydrogens is 308 g/mol. The van der Waals surface area contributed by atoms with E-state index in [0.717, 1.165) is 17.9 Å². The van der Waals surface area contributed by atoms with Gasteiger partial charge in [0.05, 0.1) is 0 Å². The largest absolute Gasteiger partial charge is 0.369 e. The Balaban J connectivity index is 1.60. The second kappa shape index (κ2) is 7.28. The molecule has 118 valence electrons. The van der Waals surface area contributed by atoms with Crippen LogP contribution in [-0.2, 0) is 0 Å². The molecule has 0 aliphatic rings. The Morgan fingerprint density at radius 3 is 2.78 bits per heavy atom. The van der Waals surface area contributed by atoms with Crippen molar-refractivity contribution < 1.29 is 4.52 Å². The van der Waals surface area contributed by atoms with E-state index in [0.29, 0.717) is 17.0 Å². The number of nitrogens with zero attached hydrogens (tertiary/aromatic N) is 3. The van der Waals surface area contributed by atoms with E-state index in [-0.39, 0.29) is 0 Å². The Labute approximate surface area is 139 Å². The molecule has 6 heteroatoms. The molecule has 1 aromatic carbocycles. The molecule has 1 N–H and O–H groups in total. The zero-order valence-corrected chi connectivity index (χ0v) is 13.9. The summed E-state index contributed by atoms with van der Waals surface area (Å²) < 4.78 is 5.19. The highest BCUT2D eigenvalue weighted by Crippen LogP contribution is 2.23. The van der Waals surface area contributed by atoms with E-state index in [1.165, 1.54) is 4.90 Å². The highest BCUT2D eigenvalue weighted by molar-refractivity contribution is 8.00. The normalized spacial score (nSPS) is 12.1. The van der Waals surface area contributed by atoms with Gasteiger partial charge in [-0.1, -0.05) is 30.3 Å². The smallest absolute Gasteiger partial charge is 0.258 e. The molecule has 3 aromatic rings. The fourth-order valence-corrected chi connectivity index (χ4v) is 3.04. The van der Waals surface area contributed by atoms with Gasteiger partial charge in [-0.25, -0.2) is 4.98 Å². The van der Waals surface area contributed by atoms with E-state index in [1.807, 2.05) is 30.0 Å². The fourth-order valence-electron chi connectivity index (χ4n) is 2.10. The maximum absolute atomic E-state index is 5.19. The van der Waals surface area contributed by atoms with Gasteiger partial charge in [0.15, 0.2) is 5.82 Å². The van der Waals surface area contributed by atoms with Gasteiger partial charge in [-0.15, -0.1) is 11.8 Å². The molecule has 2 heterocycles. The van der Waals surface area contributed by atoms with Crippen molar-refractivity contribution in [2.24, 2.45) is 0 Å². The lowest BCUT2D eigenvalue weighted by Crippen LogP contribution is -2.13. The fraction of sp³-hybridized carbons (Fsp3) is 0.235. The summed E-state index contributed by atoms with van der Waals surface area (Å²) in [6.07, 6.45) is 1.74. The van der Waals surface area contributed by atoms with Gasteiger partial charge in [0.1, 0.15) is 5.82 Å². The lowest BCUT2D eigenvalue weighted by molar-refractivity contribution is 0.425. The van der Waals surface area contributed by atoms with Gasteiger partial charge < -0.3 is 9.84 Å². The monoisotopic (exact) mass is 326 g/mol. The van der Waals surface area contributed by atoms with Gasteiger partial charge in [0.2, 0.25) is 0 Å². The second-order valence-electron chi connectivity index (χ2n) is 5.20. The standard InChI is InChI=1S/C17H18N4OS/c1-12(23-15-6-4-3-5-7-15)11-19-16-10-14(8-9-18-16)17-20-13(2)21-22-17/h3-10,12H,11H2,1-2H3,(H,18,19). The Kier molecular flexibility index (Phi) is 4.92. The molecule has 0 aliphatic carbocycles. The Bertz CT molecular complexity index is 760. The van der Waals surface area contributed by atoms with Crippen LogP contribution in [0.4, 0.5) is 5.82 Å². The topological polar surface area (TPSA) is 63.8 Å². The molecule has 1 atom stereocenters. The van der Waals surface area contributed by atoms with E-state index < -0.39 is 0 Å². The number of nitrogens with one attached hydrogen (secondary N) is 1. The minimum Gasteiger partial charge on any atom is -0.369 e. The van der Waals surface area contributed by atoms with Gasteiger partial charge in [-0.05, 0) is 31.2 Å². The lowest BCUT2D eigenvalue weighted by Gasteiger charge is -2.13. The van der Waals surface area contributed by atoms with Gasteiger partial charge in [0, 0.05) is 28.5 Å². The average Bonchev–Trinajstić information content (AvgIpc) is 3.01. The number of rotatable bonds is 6. The summed E-state index contributed by atoms with van der Waals surface area (Å²) >= 11 is 1.84. The molecule has 0 bridgehead atoms. The van der Waals surface area contributed by atoms with Gasteiger partial charge in [-0.3, -0.25) is 0 Å². The molecule has 0 radical (unpaired) electrons. The van der Waals surface area contributed by atoms with Crippen LogP contribution in [0.3, 0.4) is 0 Å². The predicted octanol–water partition coefficient (Wildman–Crippen LogP) is 4.03. The molecule has 3 rings (SSSR count). The first-order chi connectivity index (χ1) is 11.2. The number of aryl methyl sites for hydroxylation is 1. The third kappa shape index (κ3) is 4.32. The molecule has 0 fully saturated rings. The molecule has 2 aromatic heterocycles. The van der Waals surface area contributed by atoms with Crippen LogP contribution >= 0.6 is 11.8 Å². The van der Waals surface area contributed by atoms with E-state index in [9.17, 15) is 0 Å².